The zero-order chi connectivity index (χ0) is 11.3. The molecule has 0 aliphatic rings. The van der Waals surface area contributed by atoms with Gasteiger partial charge in [0.2, 0.25) is 0 Å². The number of hydrogen-bond donors (Lipinski definition) is 0. The minimum Gasteiger partial charge on any atom is -0.258 e. The van der Waals surface area contributed by atoms with Gasteiger partial charge in [0.25, 0.3) is 0 Å². The van der Waals surface area contributed by atoms with E-state index in [0.717, 1.165) is 11.1 Å². The van der Waals surface area contributed by atoms with E-state index in [1.807, 2.05) is 38.1 Å². The fraction of sp³-hybridized carbons (Fsp3) is 0.417. The molecule has 0 aliphatic heterocycles. The first kappa shape index (κ1) is 11.9. The van der Waals surface area contributed by atoms with Crippen molar-refractivity contribution < 1.29 is 4.21 Å². The standard InChI is InChI=1S/C12H15NOS/c1-3-12(8-13)15(14)9-11-6-4-5-10(2)7-11/h4-7,12H,3,9H2,1-2H3. The molecule has 0 N–H and O–H groups in total. The van der Waals surface area contributed by atoms with Gasteiger partial charge >= 0.3 is 0 Å². The molecule has 0 saturated heterocycles. The van der Waals surface area contributed by atoms with Crippen LogP contribution in [0.25, 0.3) is 0 Å². The lowest BCUT2D eigenvalue weighted by Gasteiger charge is -2.06. The summed E-state index contributed by atoms with van der Waals surface area (Å²) in [6.45, 7) is 3.90. The van der Waals surface area contributed by atoms with E-state index in [2.05, 4.69) is 6.07 Å². The van der Waals surface area contributed by atoms with E-state index in [-0.39, 0.29) is 5.25 Å². The van der Waals surface area contributed by atoms with E-state index in [1.165, 1.54) is 0 Å². The van der Waals surface area contributed by atoms with Crippen molar-refractivity contribution in [2.24, 2.45) is 0 Å². The highest BCUT2D eigenvalue weighted by molar-refractivity contribution is 7.85. The van der Waals surface area contributed by atoms with Crippen LogP contribution in [0.1, 0.15) is 24.5 Å². The molecule has 0 fully saturated rings. The molecule has 0 saturated carbocycles. The Kier molecular flexibility index (Phi) is 4.51. The minimum atomic E-state index is -1.08. The Morgan fingerprint density at radius 1 is 1.53 bits per heavy atom. The molecule has 2 nitrogen and oxygen atoms in total. The van der Waals surface area contributed by atoms with Crippen LogP contribution in [0.15, 0.2) is 24.3 Å². The topological polar surface area (TPSA) is 40.9 Å². The second-order valence-electron chi connectivity index (χ2n) is 3.54. The number of benzene rings is 1. The smallest absolute Gasteiger partial charge is 0.121 e. The quantitative estimate of drug-likeness (QED) is 0.784. The third-order valence-corrected chi connectivity index (χ3v) is 3.91. The summed E-state index contributed by atoms with van der Waals surface area (Å²) >= 11 is 0. The molecule has 15 heavy (non-hydrogen) atoms. The predicted molar refractivity (Wildman–Crippen MR) is 62.7 cm³/mol. The molecule has 0 bridgehead atoms. The molecule has 0 radical (unpaired) electrons. The monoisotopic (exact) mass is 221 g/mol. The van der Waals surface area contributed by atoms with Gasteiger partial charge in [0.05, 0.1) is 6.07 Å². The van der Waals surface area contributed by atoms with Crippen molar-refractivity contribution >= 4 is 10.8 Å². The largest absolute Gasteiger partial charge is 0.258 e. The second kappa shape index (κ2) is 5.67. The van der Waals surface area contributed by atoms with Crippen molar-refractivity contribution in [3.63, 3.8) is 0 Å². The first-order valence-electron chi connectivity index (χ1n) is 4.99. The number of rotatable bonds is 4. The van der Waals surface area contributed by atoms with Gasteiger partial charge in [-0.05, 0) is 18.9 Å². The second-order valence-corrected chi connectivity index (χ2v) is 5.16. The number of hydrogen-bond acceptors (Lipinski definition) is 2. The van der Waals surface area contributed by atoms with Crippen LogP contribution >= 0.6 is 0 Å². The van der Waals surface area contributed by atoms with Crippen molar-refractivity contribution in [1.82, 2.24) is 0 Å². The third-order valence-electron chi connectivity index (χ3n) is 2.22. The SMILES string of the molecule is CCC(C#N)S(=O)Cc1cccc(C)c1. The molecular formula is C12H15NOS. The summed E-state index contributed by atoms with van der Waals surface area (Å²) in [7, 11) is -1.08. The summed E-state index contributed by atoms with van der Waals surface area (Å²) in [5, 5.41) is 8.44. The lowest BCUT2D eigenvalue weighted by atomic mass is 10.2. The van der Waals surface area contributed by atoms with Crippen LogP contribution in [-0.2, 0) is 16.6 Å². The summed E-state index contributed by atoms with van der Waals surface area (Å²) < 4.78 is 11.8. The van der Waals surface area contributed by atoms with Crippen LogP contribution in [0.2, 0.25) is 0 Å². The first-order valence-corrected chi connectivity index (χ1v) is 6.38. The average Bonchev–Trinajstić information content (AvgIpc) is 2.19. The van der Waals surface area contributed by atoms with Crippen LogP contribution in [-0.4, -0.2) is 9.46 Å². The third kappa shape index (κ3) is 3.49. The van der Waals surface area contributed by atoms with Gasteiger partial charge in [-0.1, -0.05) is 36.8 Å². The Morgan fingerprint density at radius 3 is 2.80 bits per heavy atom. The van der Waals surface area contributed by atoms with Gasteiger partial charge in [0.1, 0.15) is 5.25 Å². The molecule has 0 aromatic heterocycles. The number of aryl methyl sites for hydroxylation is 1. The van der Waals surface area contributed by atoms with Gasteiger partial charge < -0.3 is 0 Å². The highest BCUT2D eigenvalue weighted by atomic mass is 32.2. The molecule has 1 rings (SSSR count). The van der Waals surface area contributed by atoms with Crippen molar-refractivity contribution in [2.75, 3.05) is 0 Å². The summed E-state index contributed by atoms with van der Waals surface area (Å²) in [5.74, 6) is 0.480. The molecule has 0 aliphatic carbocycles. The predicted octanol–water partition coefficient (Wildman–Crippen LogP) is 2.55. The molecule has 2 atom stereocenters. The van der Waals surface area contributed by atoms with Crippen molar-refractivity contribution in [3.05, 3.63) is 35.4 Å². The Hall–Kier alpha value is -1.14. The summed E-state index contributed by atoms with van der Waals surface area (Å²) in [6.07, 6.45) is 0.648. The number of nitrogens with zero attached hydrogens (tertiary/aromatic N) is 1. The zero-order valence-electron chi connectivity index (χ0n) is 9.06. The zero-order valence-corrected chi connectivity index (χ0v) is 9.88. The van der Waals surface area contributed by atoms with E-state index in [4.69, 9.17) is 5.26 Å². The van der Waals surface area contributed by atoms with Gasteiger partial charge in [-0.25, -0.2) is 0 Å². The van der Waals surface area contributed by atoms with Gasteiger partial charge in [0, 0.05) is 16.6 Å². The van der Waals surface area contributed by atoms with Crippen LogP contribution in [0.3, 0.4) is 0 Å². The van der Waals surface area contributed by atoms with Crippen molar-refractivity contribution in [1.29, 1.82) is 5.26 Å². The van der Waals surface area contributed by atoms with Crippen molar-refractivity contribution in [2.45, 2.75) is 31.3 Å². The molecule has 1 aromatic rings. The Balaban J connectivity index is 2.71. The maximum Gasteiger partial charge on any atom is 0.121 e. The molecule has 80 valence electrons. The molecule has 2 unspecified atom stereocenters. The molecule has 0 spiro atoms. The maximum absolute atomic E-state index is 11.8. The summed E-state index contributed by atoms with van der Waals surface area (Å²) in [6, 6.07) is 10.0. The normalized spacial score (nSPS) is 14.2. The van der Waals surface area contributed by atoms with Gasteiger partial charge in [-0.15, -0.1) is 0 Å². The summed E-state index contributed by atoms with van der Waals surface area (Å²) in [4.78, 5) is 0. The van der Waals surface area contributed by atoms with Gasteiger partial charge in [-0.3, -0.25) is 4.21 Å². The van der Waals surface area contributed by atoms with Crippen LogP contribution in [0.4, 0.5) is 0 Å². The molecule has 0 heterocycles. The molecule has 0 amide bonds. The lowest BCUT2D eigenvalue weighted by molar-refractivity contribution is 0.675. The van der Waals surface area contributed by atoms with E-state index >= 15 is 0 Å². The summed E-state index contributed by atoms with van der Waals surface area (Å²) in [5.41, 5.74) is 2.21. The Labute approximate surface area is 93.4 Å². The van der Waals surface area contributed by atoms with Crippen molar-refractivity contribution in [3.8, 4) is 6.07 Å². The van der Waals surface area contributed by atoms with E-state index in [1.54, 1.807) is 0 Å². The van der Waals surface area contributed by atoms with Gasteiger partial charge in [-0.2, -0.15) is 5.26 Å². The minimum absolute atomic E-state index is 0.342. The fourth-order valence-electron chi connectivity index (χ4n) is 1.40. The Bertz CT molecular complexity index is 395. The van der Waals surface area contributed by atoms with Crippen LogP contribution in [0.5, 0.6) is 0 Å². The lowest BCUT2D eigenvalue weighted by Crippen LogP contribution is -2.13. The highest BCUT2D eigenvalue weighted by Crippen LogP contribution is 2.10. The van der Waals surface area contributed by atoms with Crippen LogP contribution in [0, 0.1) is 18.3 Å². The van der Waals surface area contributed by atoms with Crippen LogP contribution < -0.4 is 0 Å². The Morgan fingerprint density at radius 2 is 2.27 bits per heavy atom. The molecular weight excluding hydrogens is 206 g/mol. The van der Waals surface area contributed by atoms with E-state index in [9.17, 15) is 4.21 Å². The van der Waals surface area contributed by atoms with E-state index in [0.29, 0.717) is 12.2 Å². The first-order chi connectivity index (χ1) is 7.17. The highest BCUT2D eigenvalue weighted by Gasteiger charge is 2.13. The molecule has 3 heteroatoms. The number of nitriles is 1. The van der Waals surface area contributed by atoms with Gasteiger partial charge in [0.15, 0.2) is 0 Å². The average molecular weight is 221 g/mol. The fourth-order valence-corrected chi connectivity index (χ4v) is 2.60. The molecule has 1 aromatic carbocycles. The van der Waals surface area contributed by atoms with E-state index < -0.39 is 10.8 Å². The maximum atomic E-state index is 11.8.